The van der Waals surface area contributed by atoms with Gasteiger partial charge in [0.2, 0.25) is 0 Å². The minimum atomic E-state index is 0.714. The molecular formula is C25H29N7O. The predicted molar refractivity (Wildman–Crippen MR) is 133 cm³/mol. The fraction of sp³-hybridized carbons (Fsp3) is 0.280. The van der Waals surface area contributed by atoms with Crippen molar-refractivity contribution in [1.82, 2.24) is 19.5 Å². The van der Waals surface area contributed by atoms with Crippen LogP contribution in [0.1, 0.15) is 0 Å². The Kier molecular flexibility index (Phi) is 6.10. The fourth-order valence-electron chi connectivity index (χ4n) is 4.33. The average molecular weight is 444 g/mol. The number of benzene rings is 2. The van der Waals surface area contributed by atoms with Crippen LogP contribution in [0.25, 0.3) is 5.65 Å². The third kappa shape index (κ3) is 4.48. The molecule has 1 saturated heterocycles. The van der Waals surface area contributed by atoms with E-state index in [2.05, 4.69) is 55.1 Å². The molecule has 0 aliphatic carbocycles. The van der Waals surface area contributed by atoms with Crippen LogP contribution >= 0.6 is 0 Å². The molecule has 8 nitrogen and oxygen atoms in total. The van der Waals surface area contributed by atoms with Crippen LogP contribution in [0, 0.1) is 0 Å². The molecule has 0 saturated carbocycles. The van der Waals surface area contributed by atoms with Crippen molar-refractivity contribution in [3.8, 4) is 0 Å². The highest BCUT2D eigenvalue weighted by Crippen LogP contribution is 2.36. The summed E-state index contributed by atoms with van der Waals surface area (Å²) in [5.74, 6) is 0.898. The lowest BCUT2D eigenvalue weighted by Crippen LogP contribution is -2.47. The van der Waals surface area contributed by atoms with E-state index in [9.17, 15) is 0 Å². The third-order valence-electron chi connectivity index (χ3n) is 6.08. The van der Waals surface area contributed by atoms with Gasteiger partial charge in [0.05, 0.1) is 12.8 Å². The molecule has 0 amide bonds. The molecule has 2 aromatic carbocycles. The van der Waals surface area contributed by atoms with Crippen LogP contribution < -0.4 is 15.5 Å². The number of hydrogen-bond acceptors (Lipinski definition) is 7. The molecule has 33 heavy (non-hydrogen) atoms. The SMILES string of the molecule is COCCN1CCN(c2ccc(N(c3cccc(N)c3)c3ccnc4ccnn34)cc2)CC1. The maximum atomic E-state index is 6.13. The van der Waals surface area contributed by atoms with Gasteiger partial charge in [0.1, 0.15) is 5.82 Å². The van der Waals surface area contributed by atoms with Crippen LogP contribution in [0.4, 0.5) is 28.6 Å². The first kappa shape index (κ1) is 21.2. The van der Waals surface area contributed by atoms with E-state index in [1.807, 2.05) is 41.0 Å². The van der Waals surface area contributed by atoms with Gasteiger partial charge in [0, 0.05) is 74.8 Å². The van der Waals surface area contributed by atoms with Gasteiger partial charge in [0.25, 0.3) is 0 Å². The summed E-state index contributed by atoms with van der Waals surface area (Å²) in [4.78, 5) is 11.5. The van der Waals surface area contributed by atoms with E-state index in [0.717, 1.165) is 62.2 Å². The van der Waals surface area contributed by atoms with Crippen molar-refractivity contribution in [2.75, 3.05) is 62.0 Å². The van der Waals surface area contributed by atoms with E-state index in [-0.39, 0.29) is 0 Å². The normalized spacial score (nSPS) is 14.6. The Morgan fingerprint density at radius 1 is 0.939 bits per heavy atom. The lowest BCUT2D eigenvalue weighted by atomic mass is 10.2. The summed E-state index contributed by atoms with van der Waals surface area (Å²) in [6.07, 6.45) is 3.57. The monoisotopic (exact) mass is 443 g/mol. The molecule has 0 radical (unpaired) electrons. The molecule has 0 bridgehead atoms. The van der Waals surface area contributed by atoms with Crippen LogP contribution in [-0.4, -0.2) is 65.9 Å². The Morgan fingerprint density at radius 2 is 1.76 bits per heavy atom. The zero-order valence-electron chi connectivity index (χ0n) is 18.8. The van der Waals surface area contributed by atoms with Crippen LogP contribution in [-0.2, 0) is 4.74 Å². The van der Waals surface area contributed by atoms with Gasteiger partial charge < -0.3 is 15.4 Å². The second-order valence-corrected chi connectivity index (χ2v) is 8.17. The number of rotatable bonds is 7. The number of fused-ring (bicyclic) bond motifs is 1. The second-order valence-electron chi connectivity index (χ2n) is 8.17. The van der Waals surface area contributed by atoms with E-state index in [1.165, 1.54) is 5.69 Å². The molecule has 170 valence electrons. The summed E-state index contributed by atoms with van der Waals surface area (Å²) in [6, 6.07) is 20.5. The minimum absolute atomic E-state index is 0.714. The number of aromatic nitrogens is 3. The largest absolute Gasteiger partial charge is 0.399 e. The highest BCUT2D eigenvalue weighted by atomic mass is 16.5. The van der Waals surface area contributed by atoms with Crippen LogP contribution in [0.15, 0.2) is 73.1 Å². The molecular weight excluding hydrogens is 414 g/mol. The van der Waals surface area contributed by atoms with Crippen molar-refractivity contribution in [3.63, 3.8) is 0 Å². The summed E-state index contributed by atoms with van der Waals surface area (Å²) >= 11 is 0. The number of nitrogens with two attached hydrogens (primary N) is 1. The summed E-state index contributed by atoms with van der Waals surface area (Å²) in [5, 5.41) is 4.49. The van der Waals surface area contributed by atoms with Crippen molar-refractivity contribution in [2.24, 2.45) is 0 Å². The quantitative estimate of drug-likeness (QED) is 0.438. The summed E-state index contributed by atoms with van der Waals surface area (Å²) in [6.45, 7) is 5.91. The van der Waals surface area contributed by atoms with E-state index < -0.39 is 0 Å². The minimum Gasteiger partial charge on any atom is -0.399 e. The Labute approximate surface area is 193 Å². The van der Waals surface area contributed by atoms with E-state index in [4.69, 9.17) is 10.5 Å². The Hall–Kier alpha value is -3.62. The molecule has 0 spiro atoms. The summed E-state index contributed by atoms with van der Waals surface area (Å²) in [7, 11) is 1.76. The molecule has 1 aliphatic heterocycles. The molecule has 2 aromatic heterocycles. The Balaban J connectivity index is 1.44. The van der Waals surface area contributed by atoms with E-state index in [1.54, 1.807) is 13.3 Å². The van der Waals surface area contributed by atoms with E-state index >= 15 is 0 Å². The maximum absolute atomic E-state index is 6.13. The highest BCUT2D eigenvalue weighted by Gasteiger charge is 2.19. The number of hydrogen-bond donors (Lipinski definition) is 1. The van der Waals surface area contributed by atoms with Crippen LogP contribution in [0.2, 0.25) is 0 Å². The van der Waals surface area contributed by atoms with Gasteiger partial charge >= 0.3 is 0 Å². The first-order valence-corrected chi connectivity index (χ1v) is 11.2. The second kappa shape index (κ2) is 9.48. The molecule has 1 fully saturated rings. The average Bonchev–Trinajstić information content (AvgIpc) is 3.34. The van der Waals surface area contributed by atoms with Crippen molar-refractivity contribution in [1.29, 1.82) is 0 Å². The zero-order valence-corrected chi connectivity index (χ0v) is 18.8. The van der Waals surface area contributed by atoms with E-state index in [0.29, 0.717) is 5.69 Å². The molecule has 3 heterocycles. The third-order valence-corrected chi connectivity index (χ3v) is 6.08. The van der Waals surface area contributed by atoms with Crippen molar-refractivity contribution >= 4 is 34.2 Å². The number of ether oxygens (including phenoxy) is 1. The standard InChI is InChI=1S/C25H29N7O/c1-33-18-17-29-13-15-30(16-14-29)21-5-7-22(8-6-21)31(23-4-2-3-20(26)19-23)25-10-11-27-24-9-12-28-32(24)25/h2-12,19H,13-18,26H2,1H3. The maximum Gasteiger partial charge on any atom is 0.157 e. The smallest absolute Gasteiger partial charge is 0.157 e. The summed E-state index contributed by atoms with van der Waals surface area (Å²) < 4.78 is 7.06. The van der Waals surface area contributed by atoms with Gasteiger partial charge in [-0.25, -0.2) is 4.98 Å². The molecule has 1 aliphatic rings. The van der Waals surface area contributed by atoms with Gasteiger partial charge in [-0.1, -0.05) is 6.07 Å². The van der Waals surface area contributed by atoms with Gasteiger partial charge in [-0.3, -0.25) is 9.80 Å². The van der Waals surface area contributed by atoms with Gasteiger partial charge in [-0.15, -0.1) is 0 Å². The highest BCUT2D eigenvalue weighted by molar-refractivity contribution is 5.77. The van der Waals surface area contributed by atoms with Crippen LogP contribution in [0.5, 0.6) is 0 Å². The predicted octanol–water partition coefficient (Wildman–Crippen LogP) is 3.55. The molecule has 4 aromatic rings. The number of anilines is 5. The first-order chi connectivity index (χ1) is 16.2. The van der Waals surface area contributed by atoms with Gasteiger partial charge in [-0.05, 0) is 48.5 Å². The fourth-order valence-corrected chi connectivity index (χ4v) is 4.33. The topological polar surface area (TPSA) is 75.2 Å². The molecule has 8 heteroatoms. The van der Waals surface area contributed by atoms with Gasteiger partial charge in [0.15, 0.2) is 5.65 Å². The first-order valence-electron chi connectivity index (χ1n) is 11.2. The lowest BCUT2D eigenvalue weighted by Gasteiger charge is -2.36. The van der Waals surface area contributed by atoms with Crippen molar-refractivity contribution < 1.29 is 4.74 Å². The number of piperazine rings is 1. The van der Waals surface area contributed by atoms with Gasteiger partial charge in [-0.2, -0.15) is 9.61 Å². The van der Waals surface area contributed by atoms with Crippen molar-refractivity contribution in [3.05, 3.63) is 73.1 Å². The Morgan fingerprint density at radius 3 is 2.52 bits per heavy atom. The molecule has 5 rings (SSSR count). The van der Waals surface area contributed by atoms with Crippen molar-refractivity contribution in [2.45, 2.75) is 0 Å². The molecule has 0 unspecified atom stereocenters. The Bertz CT molecular complexity index is 1200. The zero-order chi connectivity index (χ0) is 22.6. The molecule has 2 N–H and O–H groups in total. The number of methoxy groups -OCH3 is 1. The molecule has 0 atom stereocenters. The summed E-state index contributed by atoms with van der Waals surface area (Å²) in [5.41, 5.74) is 10.9. The van der Waals surface area contributed by atoms with Crippen LogP contribution in [0.3, 0.4) is 0 Å². The number of nitrogens with zero attached hydrogens (tertiary/aromatic N) is 6. The number of nitrogen functional groups attached to an aromatic ring is 1. The lowest BCUT2D eigenvalue weighted by molar-refractivity contribution is 0.144.